The topological polar surface area (TPSA) is 51.4 Å². The van der Waals surface area contributed by atoms with Gasteiger partial charge < -0.3 is 14.2 Å². The number of epoxide rings is 2. The number of allylic oxidation sites excluding steroid dienone is 1. The van der Waals surface area contributed by atoms with E-state index < -0.39 is 0 Å². The molecular formula is C16H26O4. The summed E-state index contributed by atoms with van der Waals surface area (Å²) < 4.78 is 16.0. The van der Waals surface area contributed by atoms with Crippen molar-refractivity contribution in [3.8, 4) is 0 Å². The van der Waals surface area contributed by atoms with Gasteiger partial charge in [-0.05, 0) is 53.4 Å². The molecule has 2 fully saturated rings. The largest absolute Gasteiger partial charge is 0.466 e. The molecule has 0 amide bonds. The summed E-state index contributed by atoms with van der Waals surface area (Å²) in [6.45, 7) is 8.39. The first-order chi connectivity index (χ1) is 9.27. The Morgan fingerprint density at radius 2 is 1.85 bits per heavy atom. The molecule has 0 aromatic rings. The lowest BCUT2D eigenvalue weighted by Crippen LogP contribution is -2.13. The second-order valence-electron chi connectivity index (χ2n) is 6.72. The molecule has 4 heteroatoms. The van der Waals surface area contributed by atoms with Crippen molar-refractivity contribution in [1.29, 1.82) is 0 Å². The molecule has 0 N–H and O–H groups in total. The quantitative estimate of drug-likeness (QED) is 0.409. The smallest absolute Gasteiger partial charge is 0.330 e. The Hall–Kier alpha value is -0.870. The summed E-state index contributed by atoms with van der Waals surface area (Å²) in [5.41, 5.74) is 1.12. The Labute approximate surface area is 121 Å². The molecule has 2 aliphatic rings. The molecule has 0 saturated carbocycles. The van der Waals surface area contributed by atoms with Crippen LogP contribution < -0.4 is 0 Å². The number of carbonyl (C=O) groups is 1. The maximum Gasteiger partial charge on any atom is 0.330 e. The minimum atomic E-state index is -0.282. The molecule has 2 rings (SSSR count). The Morgan fingerprint density at radius 1 is 1.20 bits per heavy atom. The number of rotatable bonds is 7. The molecule has 0 aromatic carbocycles. The number of esters is 1. The van der Waals surface area contributed by atoms with E-state index in [-0.39, 0.29) is 17.2 Å². The number of carbonyl (C=O) groups excluding carboxylic acids is 1. The minimum Gasteiger partial charge on any atom is -0.466 e. The van der Waals surface area contributed by atoms with Crippen LogP contribution in [0, 0.1) is 0 Å². The molecule has 3 unspecified atom stereocenters. The van der Waals surface area contributed by atoms with Crippen molar-refractivity contribution in [1.82, 2.24) is 0 Å². The molecular weight excluding hydrogens is 256 g/mol. The lowest BCUT2D eigenvalue weighted by Gasteiger charge is -2.05. The molecule has 0 aromatic heterocycles. The van der Waals surface area contributed by atoms with Gasteiger partial charge in [-0.15, -0.1) is 0 Å². The third-order valence-electron chi connectivity index (χ3n) is 4.47. The van der Waals surface area contributed by atoms with Crippen LogP contribution in [-0.2, 0) is 19.0 Å². The third kappa shape index (κ3) is 3.83. The maximum atomic E-state index is 11.1. The molecule has 0 spiro atoms. The van der Waals surface area contributed by atoms with Gasteiger partial charge in [0.2, 0.25) is 0 Å². The van der Waals surface area contributed by atoms with Crippen molar-refractivity contribution in [2.45, 2.75) is 76.8 Å². The first-order valence-electron chi connectivity index (χ1n) is 7.37. The van der Waals surface area contributed by atoms with Gasteiger partial charge in [0.1, 0.15) is 0 Å². The molecule has 2 heterocycles. The number of hydrogen-bond acceptors (Lipinski definition) is 4. The van der Waals surface area contributed by atoms with Crippen molar-refractivity contribution < 1.29 is 19.0 Å². The van der Waals surface area contributed by atoms with Crippen LogP contribution in [0.4, 0.5) is 0 Å². The molecule has 3 atom stereocenters. The van der Waals surface area contributed by atoms with Crippen molar-refractivity contribution in [3.63, 3.8) is 0 Å². The van der Waals surface area contributed by atoms with Gasteiger partial charge in [0.25, 0.3) is 0 Å². The van der Waals surface area contributed by atoms with Gasteiger partial charge in [0.05, 0.1) is 30.5 Å². The van der Waals surface area contributed by atoms with Crippen LogP contribution >= 0.6 is 0 Å². The molecule has 0 radical (unpaired) electrons. The zero-order valence-electron chi connectivity index (χ0n) is 13.2. The zero-order chi connectivity index (χ0) is 15.0. The fourth-order valence-electron chi connectivity index (χ4n) is 2.72. The van der Waals surface area contributed by atoms with Crippen LogP contribution in [0.15, 0.2) is 11.6 Å². The normalized spacial score (nSPS) is 34.8. The van der Waals surface area contributed by atoms with Gasteiger partial charge in [-0.1, -0.05) is 5.57 Å². The van der Waals surface area contributed by atoms with E-state index in [1.54, 1.807) is 6.08 Å². The van der Waals surface area contributed by atoms with E-state index in [0.29, 0.717) is 12.2 Å². The highest BCUT2D eigenvalue weighted by molar-refractivity contribution is 5.82. The summed E-state index contributed by atoms with van der Waals surface area (Å²) in [4.78, 5) is 11.1. The summed E-state index contributed by atoms with van der Waals surface area (Å²) in [6, 6.07) is 0. The Balaban J connectivity index is 1.66. The maximum absolute atomic E-state index is 11.1. The highest BCUT2D eigenvalue weighted by Crippen LogP contribution is 2.47. The van der Waals surface area contributed by atoms with E-state index >= 15 is 0 Å². The van der Waals surface area contributed by atoms with E-state index in [1.165, 1.54) is 7.11 Å². The molecule has 2 saturated heterocycles. The van der Waals surface area contributed by atoms with E-state index in [4.69, 9.17) is 9.47 Å². The number of hydrogen-bond donors (Lipinski definition) is 0. The first kappa shape index (κ1) is 15.5. The molecule has 4 nitrogen and oxygen atoms in total. The second kappa shape index (κ2) is 5.49. The Kier molecular flexibility index (Phi) is 4.26. The zero-order valence-corrected chi connectivity index (χ0v) is 13.2. The minimum absolute atomic E-state index is 0.00752. The summed E-state index contributed by atoms with van der Waals surface area (Å²) in [5, 5.41) is 0. The second-order valence-corrected chi connectivity index (χ2v) is 6.72. The molecule has 2 aliphatic heterocycles. The summed E-state index contributed by atoms with van der Waals surface area (Å²) in [6.07, 6.45) is 6.21. The van der Waals surface area contributed by atoms with Crippen LogP contribution in [0.5, 0.6) is 0 Å². The van der Waals surface area contributed by atoms with Gasteiger partial charge in [0, 0.05) is 6.08 Å². The third-order valence-corrected chi connectivity index (χ3v) is 4.47. The Bertz CT molecular complexity index is 413. The van der Waals surface area contributed by atoms with Crippen molar-refractivity contribution >= 4 is 5.97 Å². The number of methoxy groups -OCH3 is 1. The lowest BCUT2D eigenvalue weighted by molar-refractivity contribution is -0.134. The summed E-state index contributed by atoms with van der Waals surface area (Å²) >= 11 is 0. The van der Waals surface area contributed by atoms with Crippen LogP contribution in [0.3, 0.4) is 0 Å². The summed E-state index contributed by atoms with van der Waals surface area (Å²) in [5.74, 6) is -0.282. The van der Waals surface area contributed by atoms with Gasteiger partial charge in [-0.25, -0.2) is 4.79 Å². The molecule has 20 heavy (non-hydrogen) atoms. The van der Waals surface area contributed by atoms with Gasteiger partial charge in [-0.3, -0.25) is 0 Å². The van der Waals surface area contributed by atoms with Crippen molar-refractivity contribution in [2.24, 2.45) is 0 Å². The Morgan fingerprint density at radius 3 is 2.40 bits per heavy atom. The first-order valence-corrected chi connectivity index (χ1v) is 7.37. The van der Waals surface area contributed by atoms with Crippen molar-refractivity contribution in [3.05, 3.63) is 11.6 Å². The van der Waals surface area contributed by atoms with E-state index in [0.717, 1.165) is 31.3 Å². The predicted molar refractivity (Wildman–Crippen MR) is 76.5 cm³/mol. The van der Waals surface area contributed by atoms with E-state index in [2.05, 4.69) is 25.5 Å². The highest BCUT2D eigenvalue weighted by Gasteiger charge is 2.54. The van der Waals surface area contributed by atoms with Crippen molar-refractivity contribution in [2.75, 3.05) is 7.11 Å². The predicted octanol–water partition coefficient (Wildman–Crippen LogP) is 3.00. The van der Waals surface area contributed by atoms with E-state index in [9.17, 15) is 4.79 Å². The fraction of sp³-hybridized carbons (Fsp3) is 0.812. The molecule has 0 aliphatic carbocycles. The van der Waals surface area contributed by atoms with Crippen LogP contribution in [-0.4, -0.2) is 36.5 Å². The van der Waals surface area contributed by atoms with Crippen LogP contribution in [0.1, 0.15) is 53.4 Å². The average Bonchev–Trinajstić information content (AvgIpc) is 3.21. The van der Waals surface area contributed by atoms with Gasteiger partial charge in [0.15, 0.2) is 0 Å². The monoisotopic (exact) mass is 282 g/mol. The van der Waals surface area contributed by atoms with Crippen LogP contribution in [0.2, 0.25) is 0 Å². The van der Waals surface area contributed by atoms with Gasteiger partial charge in [-0.2, -0.15) is 0 Å². The van der Waals surface area contributed by atoms with E-state index in [1.807, 2.05) is 6.92 Å². The van der Waals surface area contributed by atoms with Crippen LogP contribution in [0.25, 0.3) is 0 Å². The standard InChI is InChI=1S/C16H26O4/c1-11(10-14(17)18-5)6-7-13-16(4,20-13)9-8-12-15(2,3)19-12/h10,12-13H,6-9H2,1-5H3. The molecule has 114 valence electrons. The fourth-order valence-corrected chi connectivity index (χ4v) is 2.72. The van der Waals surface area contributed by atoms with Gasteiger partial charge >= 0.3 is 5.97 Å². The number of ether oxygens (including phenoxy) is 3. The highest BCUT2D eigenvalue weighted by atomic mass is 16.6. The SMILES string of the molecule is COC(=O)C=C(C)CCC1OC1(C)CCC1OC1(C)C. The average molecular weight is 282 g/mol. The summed E-state index contributed by atoms with van der Waals surface area (Å²) in [7, 11) is 1.40. The molecule has 0 bridgehead atoms. The lowest BCUT2D eigenvalue weighted by atomic mass is 9.94.